The van der Waals surface area contributed by atoms with Gasteiger partial charge in [0.25, 0.3) is 0 Å². The molecule has 0 unspecified atom stereocenters. The van der Waals surface area contributed by atoms with Gasteiger partial charge in [-0.1, -0.05) is 30.1 Å². The fraction of sp³-hybridized carbons (Fsp3) is 0.400. The summed E-state index contributed by atoms with van der Waals surface area (Å²) in [6, 6.07) is 6.58. The lowest BCUT2D eigenvalue weighted by molar-refractivity contribution is 0.0697. The van der Waals surface area contributed by atoms with E-state index >= 15 is 0 Å². The van der Waals surface area contributed by atoms with Crippen LogP contribution in [0.3, 0.4) is 0 Å². The van der Waals surface area contributed by atoms with Crippen LogP contribution in [0.4, 0.5) is 0 Å². The molecule has 0 amide bonds. The number of benzene rings is 1. The molecular formula is C15H16N2O3. The van der Waals surface area contributed by atoms with Crippen molar-refractivity contribution < 1.29 is 14.4 Å². The van der Waals surface area contributed by atoms with Gasteiger partial charge >= 0.3 is 5.97 Å². The van der Waals surface area contributed by atoms with Crippen molar-refractivity contribution in [1.29, 1.82) is 0 Å². The molecule has 5 heteroatoms. The zero-order chi connectivity index (χ0) is 13.9. The lowest BCUT2D eigenvalue weighted by Crippen LogP contribution is -1.99. The average molecular weight is 272 g/mol. The van der Waals surface area contributed by atoms with Crippen molar-refractivity contribution in [2.45, 2.75) is 32.1 Å². The third kappa shape index (κ3) is 2.71. The summed E-state index contributed by atoms with van der Waals surface area (Å²) in [4.78, 5) is 15.3. The van der Waals surface area contributed by atoms with Gasteiger partial charge in [-0.05, 0) is 30.9 Å². The summed E-state index contributed by atoms with van der Waals surface area (Å²) < 4.78 is 5.27. The van der Waals surface area contributed by atoms with Gasteiger partial charge in [-0.25, -0.2) is 4.79 Å². The molecule has 1 aromatic carbocycles. The van der Waals surface area contributed by atoms with Crippen LogP contribution in [0.15, 0.2) is 28.8 Å². The van der Waals surface area contributed by atoms with Crippen LogP contribution in [-0.2, 0) is 6.42 Å². The number of nitrogens with zero attached hydrogens (tertiary/aromatic N) is 2. The van der Waals surface area contributed by atoms with E-state index < -0.39 is 5.97 Å². The predicted octanol–water partition coefficient (Wildman–Crippen LogP) is 3.17. The average Bonchev–Trinajstić information content (AvgIpc) is 3.11. The number of aromatic carboxylic acids is 1. The molecule has 1 aliphatic carbocycles. The molecule has 2 aromatic rings. The van der Waals surface area contributed by atoms with Crippen LogP contribution in [0.25, 0.3) is 11.4 Å². The third-order valence-electron chi connectivity index (χ3n) is 3.77. The summed E-state index contributed by atoms with van der Waals surface area (Å²) in [5.74, 6) is 0.795. The molecule has 1 heterocycles. The Kier molecular flexibility index (Phi) is 3.50. The maximum atomic E-state index is 11.0. The predicted molar refractivity (Wildman–Crippen MR) is 72.4 cm³/mol. The van der Waals surface area contributed by atoms with Crippen LogP contribution < -0.4 is 0 Å². The zero-order valence-corrected chi connectivity index (χ0v) is 11.1. The van der Waals surface area contributed by atoms with E-state index in [0.29, 0.717) is 23.2 Å². The molecule has 1 saturated carbocycles. The number of rotatable bonds is 4. The molecule has 0 spiro atoms. The fourth-order valence-electron chi connectivity index (χ4n) is 2.71. The van der Waals surface area contributed by atoms with Crippen molar-refractivity contribution in [2.75, 3.05) is 0 Å². The second-order valence-electron chi connectivity index (χ2n) is 5.25. The second-order valence-corrected chi connectivity index (χ2v) is 5.25. The number of hydrogen-bond acceptors (Lipinski definition) is 4. The van der Waals surface area contributed by atoms with Crippen LogP contribution in [0.2, 0.25) is 0 Å². The van der Waals surface area contributed by atoms with Gasteiger partial charge in [0, 0.05) is 12.0 Å². The molecule has 1 aliphatic rings. The summed E-state index contributed by atoms with van der Waals surface area (Å²) in [6.45, 7) is 0. The van der Waals surface area contributed by atoms with Crippen molar-refractivity contribution in [2.24, 2.45) is 5.92 Å². The highest BCUT2D eigenvalue weighted by molar-refractivity contribution is 5.89. The molecule has 0 radical (unpaired) electrons. The molecule has 1 N–H and O–H groups in total. The lowest BCUT2D eigenvalue weighted by Gasteiger charge is -2.02. The molecule has 1 fully saturated rings. The normalized spacial score (nSPS) is 15.6. The minimum Gasteiger partial charge on any atom is -0.478 e. The van der Waals surface area contributed by atoms with Gasteiger partial charge in [0.1, 0.15) is 0 Å². The Bertz CT molecular complexity index is 615. The molecule has 0 bridgehead atoms. The highest BCUT2D eigenvalue weighted by atomic mass is 16.5. The molecule has 1 aromatic heterocycles. The first-order chi connectivity index (χ1) is 9.72. The van der Waals surface area contributed by atoms with E-state index in [1.165, 1.54) is 25.7 Å². The third-order valence-corrected chi connectivity index (χ3v) is 3.77. The monoisotopic (exact) mass is 272 g/mol. The van der Waals surface area contributed by atoms with Crippen molar-refractivity contribution in [3.05, 3.63) is 35.7 Å². The first-order valence-corrected chi connectivity index (χ1v) is 6.88. The van der Waals surface area contributed by atoms with E-state index in [1.807, 2.05) is 0 Å². The van der Waals surface area contributed by atoms with Gasteiger partial charge < -0.3 is 9.63 Å². The maximum absolute atomic E-state index is 11.0. The Balaban J connectivity index is 1.78. The molecule has 3 rings (SSSR count). The summed E-state index contributed by atoms with van der Waals surface area (Å²) in [7, 11) is 0. The van der Waals surface area contributed by atoms with Gasteiger partial charge in [-0.2, -0.15) is 4.98 Å². The van der Waals surface area contributed by atoms with Crippen LogP contribution in [-0.4, -0.2) is 21.2 Å². The molecule has 0 saturated heterocycles. The SMILES string of the molecule is O=C(O)c1cccc(-c2noc(CC3CCCC3)n2)c1. The standard InChI is InChI=1S/C15H16N2O3/c18-15(19)12-7-3-6-11(9-12)14-16-13(20-17-14)8-10-4-1-2-5-10/h3,6-7,9-10H,1-2,4-5,8H2,(H,18,19). The number of carbonyl (C=O) groups is 1. The molecule has 104 valence electrons. The molecular weight excluding hydrogens is 256 g/mol. The van der Waals surface area contributed by atoms with Gasteiger partial charge in [-0.3, -0.25) is 0 Å². The Morgan fingerprint density at radius 3 is 2.90 bits per heavy atom. The maximum Gasteiger partial charge on any atom is 0.335 e. The van der Waals surface area contributed by atoms with Crippen LogP contribution >= 0.6 is 0 Å². The summed E-state index contributed by atoms with van der Waals surface area (Å²) in [6.07, 6.45) is 5.85. The summed E-state index contributed by atoms with van der Waals surface area (Å²) >= 11 is 0. The van der Waals surface area contributed by atoms with E-state index in [9.17, 15) is 4.79 Å². The lowest BCUT2D eigenvalue weighted by atomic mass is 10.0. The van der Waals surface area contributed by atoms with Crippen LogP contribution in [0.1, 0.15) is 41.9 Å². The van der Waals surface area contributed by atoms with Crippen LogP contribution in [0.5, 0.6) is 0 Å². The molecule has 0 aliphatic heterocycles. The summed E-state index contributed by atoms with van der Waals surface area (Å²) in [5, 5.41) is 12.9. The second kappa shape index (κ2) is 5.45. The smallest absolute Gasteiger partial charge is 0.335 e. The fourth-order valence-corrected chi connectivity index (χ4v) is 2.71. The number of carboxylic acid groups (broad SMARTS) is 1. The molecule has 0 atom stereocenters. The Labute approximate surface area is 116 Å². The Morgan fingerprint density at radius 2 is 2.15 bits per heavy atom. The Morgan fingerprint density at radius 1 is 1.35 bits per heavy atom. The Hall–Kier alpha value is -2.17. The first kappa shape index (κ1) is 12.8. The first-order valence-electron chi connectivity index (χ1n) is 6.88. The highest BCUT2D eigenvalue weighted by Crippen LogP contribution is 2.28. The van der Waals surface area contributed by atoms with Gasteiger partial charge in [-0.15, -0.1) is 0 Å². The van der Waals surface area contributed by atoms with E-state index in [4.69, 9.17) is 9.63 Å². The van der Waals surface area contributed by atoms with Crippen molar-refractivity contribution >= 4 is 5.97 Å². The van der Waals surface area contributed by atoms with E-state index in [0.717, 1.165) is 6.42 Å². The van der Waals surface area contributed by atoms with Crippen LogP contribution in [0, 0.1) is 5.92 Å². The van der Waals surface area contributed by atoms with Crippen molar-refractivity contribution in [1.82, 2.24) is 10.1 Å². The van der Waals surface area contributed by atoms with Crippen molar-refractivity contribution in [3.63, 3.8) is 0 Å². The number of hydrogen-bond donors (Lipinski definition) is 1. The minimum atomic E-state index is -0.957. The van der Waals surface area contributed by atoms with E-state index in [-0.39, 0.29) is 5.56 Å². The highest BCUT2D eigenvalue weighted by Gasteiger charge is 2.19. The van der Waals surface area contributed by atoms with Crippen molar-refractivity contribution in [3.8, 4) is 11.4 Å². The van der Waals surface area contributed by atoms with Gasteiger partial charge in [0.05, 0.1) is 5.56 Å². The number of carboxylic acids is 1. The zero-order valence-electron chi connectivity index (χ0n) is 11.1. The van der Waals surface area contributed by atoms with E-state index in [1.54, 1.807) is 24.3 Å². The topological polar surface area (TPSA) is 76.2 Å². The number of aromatic nitrogens is 2. The summed E-state index contributed by atoms with van der Waals surface area (Å²) in [5.41, 5.74) is 0.899. The molecule has 5 nitrogen and oxygen atoms in total. The molecule has 20 heavy (non-hydrogen) atoms. The minimum absolute atomic E-state index is 0.227. The van der Waals surface area contributed by atoms with E-state index in [2.05, 4.69) is 10.1 Å². The van der Waals surface area contributed by atoms with Gasteiger partial charge in [0.2, 0.25) is 11.7 Å². The quantitative estimate of drug-likeness (QED) is 0.925. The van der Waals surface area contributed by atoms with Gasteiger partial charge in [0.15, 0.2) is 0 Å². The largest absolute Gasteiger partial charge is 0.478 e.